The van der Waals surface area contributed by atoms with Crippen molar-refractivity contribution in [2.75, 3.05) is 17.7 Å². The van der Waals surface area contributed by atoms with Crippen LogP contribution >= 0.6 is 0 Å². The van der Waals surface area contributed by atoms with Crippen molar-refractivity contribution in [1.82, 2.24) is 30.2 Å². The lowest BCUT2D eigenvalue weighted by Crippen LogP contribution is -2.30. The van der Waals surface area contributed by atoms with Gasteiger partial charge in [0.1, 0.15) is 17.8 Å². The van der Waals surface area contributed by atoms with Gasteiger partial charge in [0.15, 0.2) is 28.7 Å². The first-order valence-corrected chi connectivity index (χ1v) is 14.6. The molecule has 1 saturated carbocycles. The van der Waals surface area contributed by atoms with Gasteiger partial charge in [-0.3, -0.25) is 9.78 Å². The maximum atomic E-state index is 12.0. The van der Waals surface area contributed by atoms with Gasteiger partial charge in [0, 0.05) is 19.0 Å². The maximum Gasteiger partial charge on any atom is 0.185 e. The van der Waals surface area contributed by atoms with Crippen LogP contribution in [0, 0.1) is 13.8 Å². The standard InChI is InChI=1S/C28H36N8O2S/c1-7-17(3)36(6)28-25(34-23(15-37)30-13-21-11-12-22(14-29-21)39(38)8-2)19(5)33-27(35-28)24-18(4)31-16-32-26(24)20-9-10-20/h11-12,14-17,20H,7-10,13H2,1-6H3,(H,30,34)/t17-,39?/m1/s1. The molecule has 2 atom stereocenters. The number of aryl methyl sites for hydroxylation is 2. The molecule has 0 radical (unpaired) electrons. The summed E-state index contributed by atoms with van der Waals surface area (Å²) in [6.45, 7) is 10.2. The van der Waals surface area contributed by atoms with E-state index in [1.165, 1.54) is 0 Å². The van der Waals surface area contributed by atoms with Crippen LogP contribution in [0.5, 0.6) is 0 Å². The molecule has 1 unspecified atom stereocenters. The number of hydrogen-bond donors (Lipinski definition) is 1. The molecule has 1 aliphatic carbocycles. The fourth-order valence-corrected chi connectivity index (χ4v) is 4.91. The van der Waals surface area contributed by atoms with E-state index in [4.69, 9.17) is 9.97 Å². The average molecular weight is 549 g/mol. The molecule has 0 spiro atoms. The molecule has 1 aliphatic rings. The van der Waals surface area contributed by atoms with Crippen molar-refractivity contribution in [2.45, 2.75) is 77.3 Å². The van der Waals surface area contributed by atoms with Gasteiger partial charge in [-0.05, 0) is 70.3 Å². The first kappa shape index (κ1) is 28.6. The fourth-order valence-electron chi connectivity index (χ4n) is 4.18. The van der Waals surface area contributed by atoms with Gasteiger partial charge < -0.3 is 14.8 Å². The quantitative estimate of drug-likeness (QED) is 0.162. The second-order valence-corrected chi connectivity index (χ2v) is 11.5. The Balaban J connectivity index is 1.70. The van der Waals surface area contributed by atoms with Gasteiger partial charge in [-0.15, -0.1) is 0 Å². The van der Waals surface area contributed by atoms with Crippen molar-refractivity contribution < 1.29 is 9.35 Å². The number of aliphatic imine (C=N–C) groups is 1. The lowest BCUT2D eigenvalue weighted by Gasteiger charge is -2.27. The molecule has 39 heavy (non-hydrogen) atoms. The zero-order valence-corrected chi connectivity index (χ0v) is 24.2. The van der Waals surface area contributed by atoms with E-state index in [9.17, 15) is 9.35 Å². The number of rotatable bonds is 11. The minimum Gasteiger partial charge on any atom is -0.611 e. The number of pyridine rings is 1. The van der Waals surface area contributed by atoms with E-state index < -0.39 is 11.2 Å². The molecule has 3 aromatic heterocycles. The molecule has 0 saturated heterocycles. The summed E-state index contributed by atoms with van der Waals surface area (Å²) in [6.07, 6.45) is 7.01. The Kier molecular flexibility index (Phi) is 9.24. The van der Waals surface area contributed by atoms with Gasteiger partial charge in [-0.2, -0.15) is 0 Å². The van der Waals surface area contributed by atoms with Gasteiger partial charge in [-0.1, -0.05) is 6.92 Å². The lowest BCUT2D eigenvalue weighted by atomic mass is 10.1. The Morgan fingerprint density at radius 2 is 1.97 bits per heavy atom. The summed E-state index contributed by atoms with van der Waals surface area (Å²) in [7, 11) is 1.98. The first-order valence-electron chi connectivity index (χ1n) is 13.3. The monoisotopic (exact) mass is 548 g/mol. The summed E-state index contributed by atoms with van der Waals surface area (Å²) in [4.78, 5) is 42.7. The summed E-state index contributed by atoms with van der Waals surface area (Å²) in [6, 6.07) is 3.77. The van der Waals surface area contributed by atoms with Crippen LogP contribution in [0.25, 0.3) is 11.4 Å². The number of aromatic nitrogens is 5. The number of nitrogens with zero attached hydrogens (tertiary/aromatic N) is 7. The molecule has 3 aromatic rings. The van der Waals surface area contributed by atoms with Gasteiger partial charge in [0.25, 0.3) is 0 Å². The van der Waals surface area contributed by atoms with Gasteiger partial charge >= 0.3 is 0 Å². The van der Waals surface area contributed by atoms with Crippen LogP contribution in [0.2, 0.25) is 0 Å². The van der Waals surface area contributed by atoms with Crippen molar-refractivity contribution in [3.63, 3.8) is 0 Å². The van der Waals surface area contributed by atoms with Crippen LogP contribution in [0.1, 0.15) is 68.7 Å². The van der Waals surface area contributed by atoms with Gasteiger partial charge in [-0.25, -0.2) is 24.9 Å². The Hall–Kier alpha value is -3.44. The largest absolute Gasteiger partial charge is 0.611 e. The summed E-state index contributed by atoms with van der Waals surface area (Å²) in [5.74, 6) is 2.31. The number of carbonyl (C=O) groups is 1. The molecule has 10 nitrogen and oxygen atoms in total. The minimum absolute atomic E-state index is 0.147. The SMILES string of the molecule is CC[C@@H](C)N(C)c1nc(-c2c(C)ncnc2C2CC2)nc(C)c1/N=C(\C=O)NCc1ccc([S+]([O-])CC)cn1. The molecule has 0 aromatic carbocycles. The number of anilines is 1. The second kappa shape index (κ2) is 12.6. The van der Waals surface area contributed by atoms with E-state index >= 15 is 0 Å². The first-order chi connectivity index (χ1) is 18.8. The Bertz CT molecular complexity index is 1340. The molecular weight excluding hydrogens is 512 g/mol. The number of aldehydes is 1. The molecule has 206 valence electrons. The molecule has 1 fully saturated rings. The van der Waals surface area contributed by atoms with Crippen molar-refractivity contribution in [2.24, 2.45) is 4.99 Å². The van der Waals surface area contributed by atoms with Crippen molar-refractivity contribution in [3.05, 3.63) is 47.4 Å². The van der Waals surface area contributed by atoms with Crippen molar-refractivity contribution in [1.29, 1.82) is 0 Å². The smallest absolute Gasteiger partial charge is 0.185 e. The predicted octanol–water partition coefficient (Wildman–Crippen LogP) is 4.20. The maximum absolute atomic E-state index is 12.0. The van der Waals surface area contributed by atoms with Crippen LogP contribution in [0.15, 0.2) is 34.5 Å². The van der Waals surface area contributed by atoms with Crippen LogP contribution in [0.3, 0.4) is 0 Å². The minimum atomic E-state index is -1.06. The zero-order valence-electron chi connectivity index (χ0n) is 23.4. The number of amidine groups is 1. The van der Waals surface area contributed by atoms with Crippen molar-refractivity contribution >= 4 is 34.8 Å². The van der Waals surface area contributed by atoms with E-state index in [2.05, 4.69) is 44.0 Å². The van der Waals surface area contributed by atoms with Crippen molar-refractivity contribution in [3.8, 4) is 11.4 Å². The Morgan fingerprint density at radius 3 is 2.59 bits per heavy atom. The summed E-state index contributed by atoms with van der Waals surface area (Å²) in [5, 5.41) is 3.07. The van der Waals surface area contributed by atoms with E-state index in [1.807, 2.05) is 27.8 Å². The predicted molar refractivity (Wildman–Crippen MR) is 154 cm³/mol. The molecule has 0 aliphatic heterocycles. The third-order valence-corrected chi connectivity index (χ3v) is 8.29. The van der Waals surface area contributed by atoms with Crippen LogP contribution < -0.4 is 10.2 Å². The molecule has 0 bridgehead atoms. The van der Waals surface area contributed by atoms with Crippen LogP contribution in [-0.2, 0) is 22.5 Å². The highest BCUT2D eigenvalue weighted by Gasteiger charge is 2.31. The van der Waals surface area contributed by atoms with E-state index in [1.54, 1.807) is 24.7 Å². The van der Waals surface area contributed by atoms with Crippen LogP contribution in [0.4, 0.5) is 11.5 Å². The summed E-state index contributed by atoms with van der Waals surface area (Å²) in [5.41, 5.74) is 4.60. The topological polar surface area (TPSA) is 132 Å². The fraction of sp³-hybridized carbons (Fsp3) is 0.464. The van der Waals surface area contributed by atoms with E-state index in [0.29, 0.717) is 51.6 Å². The van der Waals surface area contributed by atoms with Crippen LogP contribution in [-0.4, -0.2) is 60.4 Å². The molecular formula is C28H36N8O2S. The highest BCUT2D eigenvalue weighted by Crippen LogP contribution is 2.44. The van der Waals surface area contributed by atoms with Gasteiger partial charge in [0.2, 0.25) is 0 Å². The zero-order chi connectivity index (χ0) is 28.1. The Morgan fingerprint density at radius 1 is 1.21 bits per heavy atom. The number of hydrogen-bond acceptors (Lipinski definition) is 9. The number of carbonyl (C=O) groups excluding carboxylic acids is 1. The second-order valence-electron chi connectivity index (χ2n) is 9.75. The highest BCUT2D eigenvalue weighted by molar-refractivity contribution is 7.91. The molecule has 3 heterocycles. The number of nitrogens with one attached hydrogen (secondary N) is 1. The van der Waals surface area contributed by atoms with E-state index in [0.717, 1.165) is 36.2 Å². The third kappa shape index (κ3) is 6.59. The molecule has 11 heteroatoms. The summed E-state index contributed by atoms with van der Waals surface area (Å²) >= 11 is -1.06. The summed E-state index contributed by atoms with van der Waals surface area (Å²) < 4.78 is 12.0. The Labute approximate surface area is 233 Å². The van der Waals surface area contributed by atoms with E-state index in [-0.39, 0.29) is 18.4 Å². The molecule has 4 rings (SSSR count). The normalized spacial score (nSPS) is 15.1. The highest BCUT2D eigenvalue weighted by atomic mass is 32.2. The molecule has 0 amide bonds. The molecule has 1 N–H and O–H groups in total. The van der Waals surface area contributed by atoms with Gasteiger partial charge in [0.05, 0.1) is 41.1 Å². The third-order valence-electron chi connectivity index (χ3n) is 7.00. The lowest BCUT2D eigenvalue weighted by molar-refractivity contribution is -0.102. The average Bonchev–Trinajstić information content (AvgIpc) is 3.80.